The molecule has 2 heterocycles. The number of hydrogen-bond donors (Lipinski definition) is 1. The number of aliphatic hydroxyl groups excluding tert-OH is 1. The van der Waals surface area contributed by atoms with Crippen LogP contribution in [0.25, 0.3) is 0 Å². The minimum absolute atomic E-state index is 0.334. The van der Waals surface area contributed by atoms with Crippen LogP contribution in [0.3, 0.4) is 0 Å². The van der Waals surface area contributed by atoms with Gasteiger partial charge in [-0.15, -0.1) is 0 Å². The van der Waals surface area contributed by atoms with Gasteiger partial charge in [-0.05, 0) is 44.3 Å². The molecule has 0 aliphatic carbocycles. The topological polar surface area (TPSA) is 50.5 Å². The average Bonchev–Trinajstić information content (AvgIpc) is 2.88. The smallest absolute Gasteiger partial charge is 0.216 e. The number of piperidine rings is 1. The van der Waals surface area contributed by atoms with Crippen LogP contribution in [-0.4, -0.2) is 40.0 Å². The molecule has 130 valence electrons. The van der Waals surface area contributed by atoms with E-state index in [0.29, 0.717) is 5.92 Å². The van der Waals surface area contributed by atoms with Gasteiger partial charge in [-0.25, -0.2) is 4.68 Å². The van der Waals surface area contributed by atoms with Crippen LogP contribution in [0.4, 0.5) is 0 Å². The van der Waals surface area contributed by atoms with Gasteiger partial charge >= 0.3 is 0 Å². The van der Waals surface area contributed by atoms with Crippen molar-refractivity contribution in [2.75, 3.05) is 20.2 Å². The number of hydrogen-bond acceptors (Lipinski definition) is 4. The Hall–Kier alpha value is -1.85. The molecule has 1 fully saturated rings. The van der Waals surface area contributed by atoms with Crippen molar-refractivity contribution in [2.24, 2.45) is 13.0 Å². The van der Waals surface area contributed by atoms with E-state index in [2.05, 4.69) is 10.00 Å². The van der Waals surface area contributed by atoms with Crippen LogP contribution in [-0.2, 0) is 13.6 Å². The van der Waals surface area contributed by atoms with Crippen LogP contribution in [0.2, 0.25) is 0 Å². The number of ether oxygens (including phenoxy) is 1. The van der Waals surface area contributed by atoms with E-state index in [4.69, 9.17) is 4.74 Å². The molecule has 1 aliphatic rings. The second-order valence-corrected chi connectivity index (χ2v) is 6.67. The molecule has 1 aromatic carbocycles. The summed E-state index contributed by atoms with van der Waals surface area (Å²) in [5.74, 6) is 1.18. The summed E-state index contributed by atoms with van der Waals surface area (Å²) in [7, 11) is 3.61. The number of aryl methyl sites for hydroxylation is 2. The molecule has 24 heavy (non-hydrogen) atoms. The Bertz CT molecular complexity index is 661. The molecule has 1 aliphatic heterocycles. The Balaban J connectivity index is 1.60. The van der Waals surface area contributed by atoms with E-state index < -0.39 is 0 Å². The number of likely N-dealkylation sites (tertiary alicyclic amines) is 1. The molecular weight excluding hydrogens is 302 g/mol. The van der Waals surface area contributed by atoms with Crippen molar-refractivity contribution in [1.29, 1.82) is 0 Å². The number of rotatable bonds is 5. The molecule has 0 saturated carbocycles. The fraction of sp³-hybridized carbons (Fsp3) is 0.526. The van der Waals surface area contributed by atoms with Crippen LogP contribution in [0.5, 0.6) is 5.88 Å². The summed E-state index contributed by atoms with van der Waals surface area (Å²) in [6, 6.07) is 10.0. The lowest BCUT2D eigenvalue weighted by Crippen LogP contribution is -2.35. The highest BCUT2D eigenvalue weighted by Crippen LogP contribution is 2.32. The Morgan fingerprint density at radius 1 is 1.25 bits per heavy atom. The third-order valence-corrected chi connectivity index (χ3v) is 5.08. The van der Waals surface area contributed by atoms with E-state index in [1.54, 1.807) is 11.8 Å². The summed E-state index contributed by atoms with van der Waals surface area (Å²) < 4.78 is 7.29. The zero-order chi connectivity index (χ0) is 17.1. The Kier molecular flexibility index (Phi) is 5.21. The first-order chi connectivity index (χ1) is 11.6. The number of aliphatic hydroxyl groups is 1. The first kappa shape index (κ1) is 17.0. The van der Waals surface area contributed by atoms with E-state index >= 15 is 0 Å². The predicted octanol–water partition coefficient (Wildman–Crippen LogP) is 2.68. The van der Waals surface area contributed by atoms with Crippen molar-refractivity contribution in [3.63, 3.8) is 0 Å². The Morgan fingerprint density at radius 2 is 1.92 bits per heavy atom. The zero-order valence-electron chi connectivity index (χ0n) is 14.8. The average molecular weight is 329 g/mol. The number of methoxy groups -OCH3 is 1. The molecule has 1 N–H and O–H groups in total. The van der Waals surface area contributed by atoms with Gasteiger partial charge in [-0.3, -0.25) is 4.90 Å². The van der Waals surface area contributed by atoms with Gasteiger partial charge < -0.3 is 9.84 Å². The molecule has 1 unspecified atom stereocenters. The van der Waals surface area contributed by atoms with Crippen LogP contribution in [0, 0.1) is 12.8 Å². The highest BCUT2D eigenvalue weighted by Gasteiger charge is 2.27. The van der Waals surface area contributed by atoms with Crippen LogP contribution in [0.1, 0.15) is 35.8 Å². The van der Waals surface area contributed by atoms with Gasteiger partial charge in [-0.2, -0.15) is 5.10 Å². The second-order valence-electron chi connectivity index (χ2n) is 6.67. The van der Waals surface area contributed by atoms with Crippen molar-refractivity contribution in [2.45, 2.75) is 32.4 Å². The molecule has 0 bridgehead atoms. The largest absolute Gasteiger partial charge is 0.481 e. The third-order valence-electron chi connectivity index (χ3n) is 5.08. The summed E-state index contributed by atoms with van der Waals surface area (Å²) in [4.78, 5) is 2.43. The first-order valence-electron chi connectivity index (χ1n) is 8.62. The first-order valence-corrected chi connectivity index (χ1v) is 8.62. The predicted molar refractivity (Wildman–Crippen MR) is 93.9 cm³/mol. The minimum Gasteiger partial charge on any atom is -0.481 e. The molecule has 5 heteroatoms. The van der Waals surface area contributed by atoms with Gasteiger partial charge in [0.2, 0.25) is 5.88 Å². The summed E-state index contributed by atoms with van der Waals surface area (Å²) in [5.41, 5.74) is 3.23. The van der Waals surface area contributed by atoms with Gasteiger partial charge in [0.1, 0.15) is 0 Å². The molecule has 0 spiro atoms. The molecule has 2 aromatic rings. The van der Waals surface area contributed by atoms with E-state index in [1.807, 2.05) is 44.3 Å². The monoisotopic (exact) mass is 329 g/mol. The Labute approximate surface area is 143 Å². The summed E-state index contributed by atoms with van der Waals surface area (Å²) in [5, 5.41) is 15.1. The quantitative estimate of drug-likeness (QED) is 0.916. The van der Waals surface area contributed by atoms with Gasteiger partial charge in [0, 0.05) is 13.6 Å². The summed E-state index contributed by atoms with van der Waals surface area (Å²) >= 11 is 0. The van der Waals surface area contributed by atoms with Crippen molar-refractivity contribution in [3.8, 4) is 5.88 Å². The van der Waals surface area contributed by atoms with E-state index in [1.165, 1.54) is 5.56 Å². The van der Waals surface area contributed by atoms with Gasteiger partial charge in [-0.1, -0.05) is 30.3 Å². The summed E-state index contributed by atoms with van der Waals surface area (Å²) in [6.45, 7) is 4.87. The maximum absolute atomic E-state index is 10.6. The number of nitrogens with zero attached hydrogens (tertiary/aromatic N) is 3. The molecule has 3 rings (SSSR count). The van der Waals surface area contributed by atoms with Gasteiger partial charge in [0.25, 0.3) is 0 Å². The highest BCUT2D eigenvalue weighted by molar-refractivity contribution is 5.30. The maximum atomic E-state index is 10.6. The van der Waals surface area contributed by atoms with Crippen LogP contribution >= 0.6 is 0 Å². The number of benzene rings is 1. The number of aromatic nitrogens is 2. The lowest BCUT2D eigenvalue weighted by atomic mass is 9.87. The van der Waals surface area contributed by atoms with Crippen molar-refractivity contribution < 1.29 is 9.84 Å². The Morgan fingerprint density at radius 3 is 2.54 bits per heavy atom. The van der Waals surface area contributed by atoms with Crippen molar-refractivity contribution in [1.82, 2.24) is 14.7 Å². The van der Waals surface area contributed by atoms with E-state index in [-0.39, 0.29) is 6.10 Å². The third kappa shape index (κ3) is 3.47. The fourth-order valence-electron chi connectivity index (χ4n) is 3.69. The fourth-order valence-corrected chi connectivity index (χ4v) is 3.69. The van der Waals surface area contributed by atoms with Crippen molar-refractivity contribution >= 4 is 0 Å². The van der Waals surface area contributed by atoms with E-state index in [0.717, 1.165) is 49.6 Å². The minimum atomic E-state index is -0.358. The van der Waals surface area contributed by atoms with Crippen molar-refractivity contribution in [3.05, 3.63) is 47.2 Å². The lowest BCUT2D eigenvalue weighted by Gasteiger charge is -2.34. The molecular formula is C19H27N3O2. The van der Waals surface area contributed by atoms with Gasteiger partial charge in [0.05, 0.1) is 24.5 Å². The van der Waals surface area contributed by atoms with E-state index in [9.17, 15) is 5.11 Å². The van der Waals surface area contributed by atoms with Gasteiger partial charge in [0.15, 0.2) is 0 Å². The zero-order valence-corrected chi connectivity index (χ0v) is 14.8. The molecule has 1 aromatic heterocycles. The molecule has 0 amide bonds. The molecule has 5 nitrogen and oxygen atoms in total. The second kappa shape index (κ2) is 7.36. The molecule has 1 saturated heterocycles. The van der Waals surface area contributed by atoms with Crippen LogP contribution < -0.4 is 4.74 Å². The maximum Gasteiger partial charge on any atom is 0.216 e. The SMILES string of the molecule is COc1c(CN2CCC(C(O)c3ccccc3)CC2)c(C)nn1C. The van der Waals surface area contributed by atoms with Crippen LogP contribution in [0.15, 0.2) is 30.3 Å². The standard InChI is InChI=1S/C19H27N3O2/c1-14-17(19(24-3)21(2)20-14)13-22-11-9-16(10-12-22)18(23)15-7-5-4-6-8-15/h4-8,16,18,23H,9-13H2,1-3H3. The lowest BCUT2D eigenvalue weighted by molar-refractivity contribution is 0.0565. The normalized spacial score (nSPS) is 17.8. The molecule has 1 atom stereocenters. The molecule has 0 radical (unpaired) electrons. The summed E-state index contributed by atoms with van der Waals surface area (Å²) in [6.07, 6.45) is 1.66. The highest BCUT2D eigenvalue weighted by atomic mass is 16.5.